The predicted molar refractivity (Wildman–Crippen MR) is 89.5 cm³/mol. The summed E-state index contributed by atoms with van der Waals surface area (Å²) in [7, 11) is 0. The van der Waals surface area contributed by atoms with Crippen molar-refractivity contribution in [3.63, 3.8) is 0 Å². The Morgan fingerprint density at radius 2 is 1.87 bits per heavy atom. The fraction of sp³-hybridized carbons (Fsp3) is 0.222. The summed E-state index contributed by atoms with van der Waals surface area (Å²) in [5.74, 6) is 0.491. The minimum absolute atomic E-state index is 0.0343. The van der Waals surface area contributed by atoms with Gasteiger partial charge in [-0.05, 0) is 24.1 Å². The third-order valence-corrected chi connectivity index (χ3v) is 4.15. The van der Waals surface area contributed by atoms with Crippen molar-refractivity contribution in [2.24, 2.45) is 0 Å². The van der Waals surface area contributed by atoms with Crippen molar-refractivity contribution in [1.29, 1.82) is 0 Å². The Morgan fingerprint density at radius 1 is 1.09 bits per heavy atom. The topological polar surface area (TPSA) is 67.0 Å². The third kappa shape index (κ3) is 2.71. The number of benzene rings is 2. The molecule has 2 heterocycles. The van der Waals surface area contributed by atoms with Gasteiger partial charge in [0, 0.05) is 6.61 Å². The molecule has 116 valence electrons. The standard InChI is InChI=1S/C18H17N3O2/c22-17-13-8-4-5-9-14(13)19-18(21-17)20-15-10-11-23-16(15)12-6-2-1-3-7-12/h1-9,15-16H,10-11H2,(H2,19,20,21,22)/t15-,16-/m1/s1. The molecular weight excluding hydrogens is 290 g/mol. The molecule has 0 bridgehead atoms. The summed E-state index contributed by atoms with van der Waals surface area (Å²) in [4.78, 5) is 19.5. The van der Waals surface area contributed by atoms with Gasteiger partial charge in [0.05, 0.1) is 16.9 Å². The third-order valence-electron chi connectivity index (χ3n) is 4.15. The first kappa shape index (κ1) is 14.0. The molecule has 0 radical (unpaired) electrons. The maximum Gasteiger partial charge on any atom is 0.260 e. The Kier molecular flexibility index (Phi) is 3.55. The van der Waals surface area contributed by atoms with Crippen molar-refractivity contribution in [2.45, 2.75) is 18.6 Å². The second-order valence-electron chi connectivity index (χ2n) is 5.67. The van der Waals surface area contributed by atoms with E-state index in [0.717, 1.165) is 12.0 Å². The number of anilines is 1. The maximum atomic E-state index is 12.2. The number of hydrogen-bond acceptors (Lipinski definition) is 4. The largest absolute Gasteiger partial charge is 0.371 e. The van der Waals surface area contributed by atoms with Crippen molar-refractivity contribution in [3.05, 3.63) is 70.5 Å². The zero-order valence-electron chi connectivity index (χ0n) is 12.5. The molecule has 3 aromatic rings. The van der Waals surface area contributed by atoms with Gasteiger partial charge in [-0.15, -0.1) is 0 Å². The van der Waals surface area contributed by atoms with Crippen LogP contribution >= 0.6 is 0 Å². The molecule has 1 aromatic heterocycles. The lowest BCUT2D eigenvalue weighted by atomic mass is 10.0. The van der Waals surface area contributed by atoms with Crippen LogP contribution in [0.15, 0.2) is 59.4 Å². The van der Waals surface area contributed by atoms with Crippen LogP contribution in [0.5, 0.6) is 0 Å². The number of nitrogens with one attached hydrogen (secondary N) is 2. The number of H-pyrrole nitrogens is 1. The summed E-state index contributed by atoms with van der Waals surface area (Å²) < 4.78 is 5.86. The Hall–Kier alpha value is -2.66. The zero-order valence-corrected chi connectivity index (χ0v) is 12.5. The van der Waals surface area contributed by atoms with E-state index in [4.69, 9.17) is 4.74 Å². The van der Waals surface area contributed by atoms with Gasteiger partial charge in [-0.25, -0.2) is 4.98 Å². The molecule has 1 fully saturated rings. The highest BCUT2D eigenvalue weighted by Gasteiger charge is 2.30. The van der Waals surface area contributed by atoms with Gasteiger partial charge in [-0.2, -0.15) is 0 Å². The first-order chi connectivity index (χ1) is 11.3. The number of fused-ring (bicyclic) bond motifs is 1. The Labute approximate surface area is 133 Å². The molecule has 2 N–H and O–H groups in total. The lowest BCUT2D eigenvalue weighted by molar-refractivity contribution is 0.107. The van der Waals surface area contributed by atoms with E-state index >= 15 is 0 Å². The number of aromatic amines is 1. The Balaban J connectivity index is 1.63. The van der Waals surface area contributed by atoms with Gasteiger partial charge in [-0.1, -0.05) is 42.5 Å². The van der Waals surface area contributed by atoms with Gasteiger partial charge in [0.1, 0.15) is 6.10 Å². The molecular formula is C18H17N3O2. The summed E-state index contributed by atoms with van der Waals surface area (Å²) in [5.41, 5.74) is 1.69. The lowest BCUT2D eigenvalue weighted by Crippen LogP contribution is -2.26. The average molecular weight is 307 g/mol. The average Bonchev–Trinajstić information content (AvgIpc) is 3.04. The van der Waals surface area contributed by atoms with Crippen LogP contribution in [0.4, 0.5) is 5.95 Å². The van der Waals surface area contributed by atoms with Gasteiger partial charge in [0.2, 0.25) is 5.95 Å². The molecule has 1 aliphatic rings. The maximum absolute atomic E-state index is 12.2. The summed E-state index contributed by atoms with van der Waals surface area (Å²) >= 11 is 0. The van der Waals surface area contributed by atoms with E-state index in [-0.39, 0.29) is 17.7 Å². The van der Waals surface area contributed by atoms with Crippen LogP contribution in [0.1, 0.15) is 18.1 Å². The van der Waals surface area contributed by atoms with E-state index in [1.165, 1.54) is 0 Å². The fourth-order valence-electron chi connectivity index (χ4n) is 3.04. The number of aromatic nitrogens is 2. The van der Waals surface area contributed by atoms with Gasteiger partial charge < -0.3 is 10.1 Å². The van der Waals surface area contributed by atoms with Gasteiger partial charge in [0.25, 0.3) is 5.56 Å². The van der Waals surface area contributed by atoms with Crippen LogP contribution in [0, 0.1) is 0 Å². The first-order valence-corrected chi connectivity index (χ1v) is 7.73. The summed E-state index contributed by atoms with van der Waals surface area (Å²) in [5, 5.41) is 3.93. The lowest BCUT2D eigenvalue weighted by Gasteiger charge is -2.20. The van der Waals surface area contributed by atoms with Crippen molar-refractivity contribution in [3.8, 4) is 0 Å². The first-order valence-electron chi connectivity index (χ1n) is 7.73. The molecule has 4 rings (SSSR count). The molecule has 5 heteroatoms. The fourth-order valence-corrected chi connectivity index (χ4v) is 3.04. The van der Waals surface area contributed by atoms with Gasteiger partial charge in [0.15, 0.2) is 0 Å². The molecule has 1 aliphatic heterocycles. The zero-order chi connectivity index (χ0) is 15.6. The van der Waals surface area contributed by atoms with E-state index in [1.807, 2.05) is 36.4 Å². The van der Waals surface area contributed by atoms with Crippen LogP contribution in [0.2, 0.25) is 0 Å². The van der Waals surface area contributed by atoms with E-state index in [2.05, 4.69) is 27.4 Å². The summed E-state index contributed by atoms with van der Waals surface area (Å²) in [6, 6.07) is 17.5. The van der Waals surface area contributed by atoms with Crippen molar-refractivity contribution in [1.82, 2.24) is 9.97 Å². The predicted octanol–water partition coefficient (Wildman–Crippen LogP) is 2.87. The Bertz CT molecular complexity index is 876. The number of para-hydroxylation sites is 1. The SMILES string of the molecule is O=c1[nH]c(N[C@@H]2CCO[C@@H]2c2ccccc2)nc2ccccc12. The van der Waals surface area contributed by atoms with Crippen molar-refractivity contribution < 1.29 is 4.74 Å². The molecule has 0 unspecified atom stereocenters. The van der Waals surface area contributed by atoms with Crippen LogP contribution in [0.3, 0.4) is 0 Å². The summed E-state index contributed by atoms with van der Waals surface area (Å²) in [6.45, 7) is 0.690. The van der Waals surface area contributed by atoms with E-state index in [0.29, 0.717) is 23.5 Å². The molecule has 5 nitrogen and oxygen atoms in total. The van der Waals surface area contributed by atoms with E-state index in [1.54, 1.807) is 6.07 Å². The minimum Gasteiger partial charge on any atom is -0.371 e. The quantitative estimate of drug-likeness (QED) is 0.781. The summed E-state index contributed by atoms with van der Waals surface area (Å²) in [6.07, 6.45) is 0.837. The second-order valence-corrected chi connectivity index (χ2v) is 5.67. The highest BCUT2D eigenvalue weighted by Crippen LogP contribution is 2.30. The number of ether oxygens (including phenoxy) is 1. The monoisotopic (exact) mass is 307 g/mol. The number of nitrogens with zero attached hydrogens (tertiary/aromatic N) is 1. The molecule has 0 spiro atoms. The molecule has 23 heavy (non-hydrogen) atoms. The van der Waals surface area contributed by atoms with Gasteiger partial charge in [-0.3, -0.25) is 9.78 Å². The molecule has 1 saturated heterocycles. The van der Waals surface area contributed by atoms with E-state index in [9.17, 15) is 4.79 Å². The normalized spacial score (nSPS) is 20.7. The minimum atomic E-state index is -0.131. The van der Waals surface area contributed by atoms with Crippen LogP contribution in [0.25, 0.3) is 10.9 Å². The molecule has 0 amide bonds. The molecule has 2 atom stereocenters. The smallest absolute Gasteiger partial charge is 0.260 e. The van der Waals surface area contributed by atoms with Crippen molar-refractivity contribution >= 4 is 16.9 Å². The molecule has 0 aliphatic carbocycles. The molecule has 2 aromatic carbocycles. The number of hydrogen-bond donors (Lipinski definition) is 2. The van der Waals surface area contributed by atoms with Crippen LogP contribution in [-0.4, -0.2) is 22.6 Å². The van der Waals surface area contributed by atoms with E-state index < -0.39 is 0 Å². The second kappa shape index (κ2) is 5.85. The number of rotatable bonds is 3. The highest BCUT2D eigenvalue weighted by molar-refractivity contribution is 5.78. The van der Waals surface area contributed by atoms with Crippen molar-refractivity contribution in [2.75, 3.05) is 11.9 Å². The highest BCUT2D eigenvalue weighted by atomic mass is 16.5. The molecule has 0 saturated carbocycles. The van der Waals surface area contributed by atoms with Crippen LogP contribution < -0.4 is 10.9 Å². The van der Waals surface area contributed by atoms with Gasteiger partial charge >= 0.3 is 0 Å². The van der Waals surface area contributed by atoms with Crippen LogP contribution in [-0.2, 0) is 4.74 Å². The Morgan fingerprint density at radius 3 is 2.74 bits per heavy atom.